The normalized spacial score (nSPS) is 14.0. The van der Waals surface area contributed by atoms with Crippen LogP contribution in [-0.4, -0.2) is 29.1 Å². The number of nitrogens with one attached hydrogen (secondary N) is 1. The molecule has 5 heteroatoms. The maximum absolute atomic E-state index is 11.8. The minimum absolute atomic E-state index is 0.0919. The van der Waals surface area contributed by atoms with Crippen LogP contribution in [0.3, 0.4) is 0 Å². The van der Waals surface area contributed by atoms with Crippen LogP contribution in [0.15, 0.2) is 29.2 Å². The lowest BCUT2D eigenvalue weighted by Crippen LogP contribution is -2.18. The SMILES string of the molecule is CC(C)C[C@@H](C)OCCC(=O)Nc1cccc([S@](C)=O)c1. The molecule has 0 bridgehead atoms. The zero-order valence-corrected chi connectivity index (χ0v) is 14.0. The summed E-state index contributed by atoms with van der Waals surface area (Å²) in [6.07, 6.45) is 3.10. The molecule has 1 aromatic rings. The fourth-order valence-electron chi connectivity index (χ4n) is 2.06. The van der Waals surface area contributed by atoms with Gasteiger partial charge < -0.3 is 10.1 Å². The van der Waals surface area contributed by atoms with E-state index in [-0.39, 0.29) is 12.0 Å². The van der Waals surface area contributed by atoms with Gasteiger partial charge in [0, 0.05) is 27.6 Å². The van der Waals surface area contributed by atoms with E-state index in [1.165, 1.54) is 0 Å². The molecule has 0 unspecified atom stereocenters. The van der Waals surface area contributed by atoms with Crippen LogP contribution in [0.4, 0.5) is 5.69 Å². The summed E-state index contributed by atoms with van der Waals surface area (Å²) in [5.74, 6) is 0.497. The predicted molar refractivity (Wildman–Crippen MR) is 86.9 cm³/mol. The summed E-state index contributed by atoms with van der Waals surface area (Å²) in [6.45, 7) is 6.74. The Balaban J connectivity index is 2.37. The van der Waals surface area contributed by atoms with Crippen molar-refractivity contribution in [3.63, 3.8) is 0 Å². The fraction of sp³-hybridized carbons (Fsp3) is 0.562. The second-order valence-electron chi connectivity index (χ2n) is 5.59. The minimum Gasteiger partial charge on any atom is -0.378 e. The Kier molecular flexibility index (Phi) is 7.61. The Labute approximate surface area is 129 Å². The first kappa shape index (κ1) is 17.9. The van der Waals surface area contributed by atoms with Gasteiger partial charge in [0.1, 0.15) is 0 Å². The van der Waals surface area contributed by atoms with Gasteiger partial charge in [-0.3, -0.25) is 9.00 Å². The number of rotatable bonds is 8. The molecular formula is C16H25NO3S. The van der Waals surface area contributed by atoms with Crippen LogP contribution in [-0.2, 0) is 20.3 Å². The molecule has 0 radical (unpaired) electrons. The highest BCUT2D eigenvalue weighted by Gasteiger charge is 2.08. The number of carbonyl (C=O) groups excluding carboxylic acids is 1. The van der Waals surface area contributed by atoms with Crippen molar-refractivity contribution in [3.8, 4) is 0 Å². The zero-order chi connectivity index (χ0) is 15.8. The molecule has 1 rings (SSSR count). The number of hydrogen-bond donors (Lipinski definition) is 1. The molecule has 0 aliphatic carbocycles. The molecule has 1 amide bonds. The number of anilines is 1. The molecule has 0 spiro atoms. The Morgan fingerprint density at radius 1 is 1.33 bits per heavy atom. The van der Waals surface area contributed by atoms with Crippen LogP contribution in [0, 0.1) is 5.92 Å². The molecule has 0 saturated heterocycles. The highest BCUT2D eigenvalue weighted by molar-refractivity contribution is 7.84. The van der Waals surface area contributed by atoms with Crippen molar-refractivity contribution >= 4 is 22.4 Å². The largest absolute Gasteiger partial charge is 0.378 e. The van der Waals surface area contributed by atoms with Crippen molar-refractivity contribution in [1.82, 2.24) is 0 Å². The summed E-state index contributed by atoms with van der Waals surface area (Å²) in [4.78, 5) is 12.5. The molecule has 0 saturated carbocycles. The van der Waals surface area contributed by atoms with Gasteiger partial charge in [-0.2, -0.15) is 0 Å². The van der Waals surface area contributed by atoms with E-state index in [9.17, 15) is 9.00 Å². The van der Waals surface area contributed by atoms with Crippen LogP contribution in [0.2, 0.25) is 0 Å². The van der Waals surface area contributed by atoms with E-state index < -0.39 is 10.8 Å². The van der Waals surface area contributed by atoms with E-state index in [0.29, 0.717) is 29.5 Å². The molecule has 0 heterocycles. The Bertz CT molecular complexity index is 488. The summed E-state index contributed by atoms with van der Waals surface area (Å²) in [5.41, 5.74) is 0.669. The van der Waals surface area contributed by atoms with E-state index in [4.69, 9.17) is 4.74 Å². The van der Waals surface area contributed by atoms with Gasteiger partial charge in [-0.05, 0) is 37.5 Å². The maximum Gasteiger partial charge on any atom is 0.226 e. The molecule has 1 aromatic carbocycles. The summed E-state index contributed by atoms with van der Waals surface area (Å²) >= 11 is 0. The van der Waals surface area contributed by atoms with Gasteiger partial charge in [-0.25, -0.2) is 0 Å². The summed E-state index contributed by atoms with van der Waals surface area (Å²) in [7, 11) is -1.05. The fourth-order valence-corrected chi connectivity index (χ4v) is 2.62. The molecule has 21 heavy (non-hydrogen) atoms. The second-order valence-corrected chi connectivity index (χ2v) is 6.97. The lowest BCUT2D eigenvalue weighted by atomic mass is 10.1. The molecular weight excluding hydrogens is 286 g/mol. The first-order valence-corrected chi connectivity index (χ1v) is 8.79. The number of benzene rings is 1. The van der Waals surface area contributed by atoms with Crippen LogP contribution < -0.4 is 5.32 Å². The highest BCUT2D eigenvalue weighted by atomic mass is 32.2. The van der Waals surface area contributed by atoms with E-state index in [2.05, 4.69) is 19.2 Å². The Morgan fingerprint density at radius 3 is 2.67 bits per heavy atom. The molecule has 118 valence electrons. The third kappa shape index (κ3) is 7.39. The molecule has 0 aliphatic heterocycles. The van der Waals surface area contributed by atoms with Crippen LogP contribution >= 0.6 is 0 Å². The van der Waals surface area contributed by atoms with Gasteiger partial charge >= 0.3 is 0 Å². The lowest BCUT2D eigenvalue weighted by Gasteiger charge is -2.15. The number of amides is 1. The topological polar surface area (TPSA) is 55.4 Å². The molecule has 2 atom stereocenters. The third-order valence-electron chi connectivity index (χ3n) is 2.98. The highest BCUT2D eigenvalue weighted by Crippen LogP contribution is 2.13. The average molecular weight is 311 g/mol. The van der Waals surface area contributed by atoms with Crippen molar-refractivity contribution in [2.24, 2.45) is 5.92 Å². The lowest BCUT2D eigenvalue weighted by molar-refractivity contribution is -0.117. The van der Waals surface area contributed by atoms with Gasteiger partial charge in [-0.15, -0.1) is 0 Å². The van der Waals surface area contributed by atoms with Gasteiger partial charge in [0.2, 0.25) is 5.91 Å². The molecule has 0 aromatic heterocycles. The summed E-state index contributed by atoms with van der Waals surface area (Å²) in [5, 5.41) is 2.80. The van der Waals surface area contributed by atoms with Crippen LogP contribution in [0.1, 0.15) is 33.6 Å². The van der Waals surface area contributed by atoms with E-state index in [1.807, 2.05) is 6.92 Å². The Hall–Kier alpha value is -1.20. The zero-order valence-electron chi connectivity index (χ0n) is 13.2. The third-order valence-corrected chi connectivity index (χ3v) is 3.90. The number of hydrogen-bond acceptors (Lipinski definition) is 3. The predicted octanol–water partition coefficient (Wildman–Crippen LogP) is 3.20. The van der Waals surface area contributed by atoms with Gasteiger partial charge in [0.05, 0.1) is 19.1 Å². The monoisotopic (exact) mass is 311 g/mol. The second kappa shape index (κ2) is 8.95. The van der Waals surface area contributed by atoms with Crippen LogP contribution in [0.5, 0.6) is 0 Å². The van der Waals surface area contributed by atoms with E-state index >= 15 is 0 Å². The van der Waals surface area contributed by atoms with Gasteiger partial charge in [-0.1, -0.05) is 19.9 Å². The number of ether oxygens (including phenoxy) is 1. The van der Waals surface area contributed by atoms with Crippen molar-refractivity contribution in [2.75, 3.05) is 18.2 Å². The summed E-state index contributed by atoms with van der Waals surface area (Å²) in [6, 6.07) is 7.09. The standard InChI is InChI=1S/C16H25NO3S/c1-12(2)10-13(3)20-9-8-16(18)17-14-6-5-7-15(11-14)21(4)19/h5-7,11-13H,8-10H2,1-4H3,(H,17,18)/t13-,21+/m1/s1. The van der Waals surface area contributed by atoms with Gasteiger partial charge in [0.25, 0.3) is 0 Å². The van der Waals surface area contributed by atoms with Crippen molar-refractivity contribution in [3.05, 3.63) is 24.3 Å². The molecule has 1 N–H and O–H groups in total. The summed E-state index contributed by atoms with van der Waals surface area (Å²) < 4.78 is 17.0. The molecule has 0 fully saturated rings. The number of carbonyl (C=O) groups is 1. The quantitative estimate of drug-likeness (QED) is 0.802. The van der Waals surface area contributed by atoms with Gasteiger partial charge in [0.15, 0.2) is 0 Å². The van der Waals surface area contributed by atoms with E-state index in [0.717, 1.165) is 6.42 Å². The minimum atomic E-state index is -1.05. The van der Waals surface area contributed by atoms with Crippen LogP contribution in [0.25, 0.3) is 0 Å². The van der Waals surface area contributed by atoms with E-state index in [1.54, 1.807) is 30.5 Å². The van der Waals surface area contributed by atoms with Crippen molar-refractivity contribution < 1.29 is 13.7 Å². The smallest absolute Gasteiger partial charge is 0.226 e. The average Bonchev–Trinajstić information content (AvgIpc) is 2.37. The Morgan fingerprint density at radius 2 is 2.05 bits per heavy atom. The molecule has 0 aliphatic rings. The van der Waals surface area contributed by atoms with Crippen molar-refractivity contribution in [2.45, 2.75) is 44.6 Å². The van der Waals surface area contributed by atoms with Crippen molar-refractivity contribution in [1.29, 1.82) is 0 Å². The first-order chi connectivity index (χ1) is 9.88. The first-order valence-electron chi connectivity index (χ1n) is 7.23. The molecule has 4 nitrogen and oxygen atoms in total. The maximum atomic E-state index is 11.8.